The van der Waals surface area contributed by atoms with Crippen LogP contribution < -0.4 is 19.9 Å². The molecule has 1 aromatic rings. The summed E-state index contributed by atoms with van der Waals surface area (Å²) in [5, 5.41) is 0. The standard InChI is InChI=1S/C11H17NO3/c1-4-15-10-8(7-12)5-6-9(13-2)11(10)14-3/h5-6H,4,7,12H2,1-3H3. The first-order valence-electron chi connectivity index (χ1n) is 4.85. The summed E-state index contributed by atoms with van der Waals surface area (Å²) in [6, 6.07) is 3.70. The Morgan fingerprint density at radius 2 is 1.87 bits per heavy atom. The van der Waals surface area contributed by atoms with Crippen molar-refractivity contribution in [3.63, 3.8) is 0 Å². The summed E-state index contributed by atoms with van der Waals surface area (Å²) in [5.74, 6) is 1.92. The van der Waals surface area contributed by atoms with Gasteiger partial charge in [-0.05, 0) is 13.0 Å². The van der Waals surface area contributed by atoms with Crippen molar-refractivity contribution in [3.8, 4) is 17.2 Å². The lowest BCUT2D eigenvalue weighted by atomic mass is 10.1. The number of hydrogen-bond donors (Lipinski definition) is 1. The number of hydrogen-bond acceptors (Lipinski definition) is 4. The monoisotopic (exact) mass is 211 g/mol. The molecule has 2 N–H and O–H groups in total. The molecule has 15 heavy (non-hydrogen) atoms. The van der Waals surface area contributed by atoms with Gasteiger partial charge in [-0.3, -0.25) is 0 Å². The minimum atomic E-state index is 0.412. The zero-order valence-electron chi connectivity index (χ0n) is 9.37. The lowest BCUT2D eigenvalue weighted by Crippen LogP contribution is -2.05. The van der Waals surface area contributed by atoms with Gasteiger partial charge in [0.2, 0.25) is 5.75 Å². The van der Waals surface area contributed by atoms with Crippen LogP contribution in [-0.4, -0.2) is 20.8 Å². The number of ether oxygens (including phenoxy) is 3. The topological polar surface area (TPSA) is 53.7 Å². The second kappa shape index (κ2) is 5.46. The molecule has 0 atom stereocenters. The van der Waals surface area contributed by atoms with E-state index in [-0.39, 0.29) is 0 Å². The van der Waals surface area contributed by atoms with Gasteiger partial charge in [-0.25, -0.2) is 0 Å². The molecule has 4 heteroatoms. The Kier molecular flexibility index (Phi) is 4.24. The summed E-state index contributed by atoms with van der Waals surface area (Å²) in [6.07, 6.45) is 0. The third-order valence-corrected chi connectivity index (χ3v) is 2.09. The van der Waals surface area contributed by atoms with E-state index in [9.17, 15) is 0 Å². The minimum Gasteiger partial charge on any atom is -0.493 e. The fourth-order valence-corrected chi connectivity index (χ4v) is 1.40. The molecular weight excluding hydrogens is 194 g/mol. The van der Waals surface area contributed by atoms with Crippen molar-refractivity contribution in [3.05, 3.63) is 17.7 Å². The van der Waals surface area contributed by atoms with Crippen LogP contribution in [0.25, 0.3) is 0 Å². The molecule has 1 aromatic carbocycles. The highest BCUT2D eigenvalue weighted by Crippen LogP contribution is 2.39. The van der Waals surface area contributed by atoms with Crippen LogP contribution in [-0.2, 0) is 6.54 Å². The highest BCUT2D eigenvalue weighted by molar-refractivity contribution is 5.55. The Labute approximate surface area is 89.9 Å². The third kappa shape index (κ3) is 2.33. The van der Waals surface area contributed by atoms with Gasteiger partial charge < -0.3 is 19.9 Å². The molecule has 0 amide bonds. The fraction of sp³-hybridized carbons (Fsp3) is 0.455. The largest absolute Gasteiger partial charge is 0.493 e. The highest BCUT2D eigenvalue weighted by Gasteiger charge is 2.14. The van der Waals surface area contributed by atoms with Crippen molar-refractivity contribution in [2.75, 3.05) is 20.8 Å². The van der Waals surface area contributed by atoms with Crippen LogP contribution in [0.15, 0.2) is 12.1 Å². The summed E-state index contributed by atoms with van der Waals surface area (Å²) in [6.45, 7) is 2.89. The lowest BCUT2D eigenvalue weighted by molar-refractivity contribution is 0.294. The van der Waals surface area contributed by atoms with Gasteiger partial charge in [0.1, 0.15) is 0 Å². The van der Waals surface area contributed by atoms with Gasteiger partial charge in [-0.2, -0.15) is 0 Å². The normalized spacial score (nSPS) is 9.87. The van der Waals surface area contributed by atoms with Gasteiger partial charge >= 0.3 is 0 Å². The summed E-state index contributed by atoms with van der Waals surface area (Å²) in [5.41, 5.74) is 6.53. The first kappa shape index (κ1) is 11.7. The maximum atomic E-state index is 5.62. The van der Waals surface area contributed by atoms with Crippen LogP contribution in [0.3, 0.4) is 0 Å². The van der Waals surface area contributed by atoms with E-state index in [4.69, 9.17) is 19.9 Å². The zero-order chi connectivity index (χ0) is 11.3. The van der Waals surface area contributed by atoms with Crippen LogP contribution in [0.5, 0.6) is 17.2 Å². The maximum absolute atomic E-state index is 5.62. The quantitative estimate of drug-likeness (QED) is 0.803. The van der Waals surface area contributed by atoms with Crippen LogP contribution in [0, 0.1) is 0 Å². The molecule has 1 rings (SSSR count). The van der Waals surface area contributed by atoms with Crippen LogP contribution >= 0.6 is 0 Å². The molecule has 84 valence electrons. The summed E-state index contributed by atoms with van der Waals surface area (Å²) in [7, 11) is 3.18. The molecule has 0 saturated heterocycles. The lowest BCUT2D eigenvalue weighted by Gasteiger charge is -2.15. The first-order chi connectivity index (χ1) is 7.28. The molecule has 0 unspecified atom stereocenters. The number of rotatable bonds is 5. The minimum absolute atomic E-state index is 0.412. The number of nitrogens with two attached hydrogens (primary N) is 1. The highest BCUT2D eigenvalue weighted by atomic mass is 16.5. The predicted octanol–water partition coefficient (Wildman–Crippen LogP) is 1.56. The van der Waals surface area contributed by atoms with Crippen LogP contribution in [0.2, 0.25) is 0 Å². The Morgan fingerprint density at radius 3 is 2.33 bits per heavy atom. The van der Waals surface area contributed by atoms with Crippen molar-refractivity contribution < 1.29 is 14.2 Å². The van der Waals surface area contributed by atoms with Gasteiger partial charge in [0.05, 0.1) is 20.8 Å². The molecule has 0 spiro atoms. The fourth-order valence-electron chi connectivity index (χ4n) is 1.40. The summed E-state index contributed by atoms with van der Waals surface area (Å²) in [4.78, 5) is 0. The average molecular weight is 211 g/mol. The second-order valence-electron chi connectivity index (χ2n) is 2.93. The van der Waals surface area contributed by atoms with E-state index in [1.54, 1.807) is 14.2 Å². The SMILES string of the molecule is CCOc1c(CN)ccc(OC)c1OC. The first-order valence-corrected chi connectivity index (χ1v) is 4.85. The van der Waals surface area contributed by atoms with Crippen molar-refractivity contribution >= 4 is 0 Å². The van der Waals surface area contributed by atoms with Crippen LogP contribution in [0.4, 0.5) is 0 Å². The molecule has 4 nitrogen and oxygen atoms in total. The second-order valence-corrected chi connectivity index (χ2v) is 2.93. The van der Waals surface area contributed by atoms with Crippen molar-refractivity contribution in [1.82, 2.24) is 0 Å². The molecule has 0 fully saturated rings. The predicted molar refractivity (Wildman–Crippen MR) is 58.6 cm³/mol. The Hall–Kier alpha value is -1.42. The van der Waals surface area contributed by atoms with Crippen LogP contribution in [0.1, 0.15) is 12.5 Å². The molecule has 0 aliphatic heterocycles. The van der Waals surface area contributed by atoms with E-state index >= 15 is 0 Å². The summed E-state index contributed by atoms with van der Waals surface area (Å²) < 4.78 is 15.9. The maximum Gasteiger partial charge on any atom is 0.203 e. The van der Waals surface area contributed by atoms with Crippen molar-refractivity contribution in [1.29, 1.82) is 0 Å². The van der Waals surface area contributed by atoms with E-state index < -0.39 is 0 Å². The zero-order valence-corrected chi connectivity index (χ0v) is 9.37. The molecule has 0 radical (unpaired) electrons. The smallest absolute Gasteiger partial charge is 0.203 e. The van der Waals surface area contributed by atoms with Gasteiger partial charge in [0.15, 0.2) is 11.5 Å². The van der Waals surface area contributed by atoms with E-state index in [0.29, 0.717) is 30.4 Å². The average Bonchev–Trinajstić information content (AvgIpc) is 2.28. The molecular formula is C11H17NO3. The van der Waals surface area contributed by atoms with Gasteiger partial charge in [-0.15, -0.1) is 0 Å². The Bertz CT molecular complexity index is 326. The molecule has 0 heterocycles. The third-order valence-electron chi connectivity index (χ3n) is 2.09. The van der Waals surface area contributed by atoms with E-state index in [1.165, 1.54) is 0 Å². The van der Waals surface area contributed by atoms with E-state index in [1.807, 2.05) is 19.1 Å². The molecule has 0 bridgehead atoms. The van der Waals surface area contributed by atoms with E-state index in [2.05, 4.69) is 0 Å². The molecule has 0 saturated carbocycles. The molecule has 0 aliphatic rings. The Balaban J connectivity index is 3.24. The van der Waals surface area contributed by atoms with E-state index in [0.717, 1.165) is 5.56 Å². The van der Waals surface area contributed by atoms with Crippen molar-refractivity contribution in [2.24, 2.45) is 5.73 Å². The summed E-state index contributed by atoms with van der Waals surface area (Å²) >= 11 is 0. The molecule has 0 aromatic heterocycles. The number of methoxy groups -OCH3 is 2. The number of benzene rings is 1. The van der Waals surface area contributed by atoms with Gasteiger partial charge in [0.25, 0.3) is 0 Å². The Morgan fingerprint density at radius 1 is 1.13 bits per heavy atom. The van der Waals surface area contributed by atoms with Gasteiger partial charge in [0, 0.05) is 12.1 Å². The van der Waals surface area contributed by atoms with Crippen molar-refractivity contribution in [2.45, 2.75) is 13.5 Å². The molecule has 0 aliphatic carbocycles. The van der Waals surface area contributed by atoms with Gasteiger partial charge in [-0.1, -0.05) is 6.07 Å².